The number of hydrogen-bond acceptors (Lipinski definition) is 17. The molecule has 0 unspecified atom stereocenters. The van der Waals surface area contributed by atoms with Crippen LogP contribution < -0.4 is 4.90 Å². The number of amides is 2. The summed E-state index contributed by atoms with van der Waals surface area (Å²) in [7, 11) is -4.22. The Hall–Kier alpha value is -4.06. The van der Waals surface area contributed by atoms with Crippen molar-refractivity contribution in [1.29, 1.82) is 0 Å². The second kappa shape index (κ2) is 17.6. The van der Waals surface area contributed by atoms with Gasteiger partial charge in [0.2, 0.25) is 13.6 Å². The lowest BCUT2D eigenvalue weighted by Gasteiger charge is -2.28. The average Bonchev–Trinajstić information content (AvgIpc) is 3.32. The van der Waals surface area contributed by atoms with E-state index in [1.54, 1.807) is 76.2 Å². The van der Waals surface area contributed by atoms with Gasteiger partial charge in [0.15, 0.2) is 17.0 Å². The lowest BCUT2D eigenvalue weighted by atomic mass is 10.2. The molecule has 1 atom stereocenters. The van der Waals surface area contributed by atoms with Crippen LogP contribution in [-0.4, -0.2) is 93.5 Å². The number of hydrogen-bond donors (Lipinski definition) is 0. The first-order chi connectivity index (χ1) is 22.6. The second-order valence-electron chi connectivity index (χ2n) is 12.9. The molecule has 2 amide bonds. The van der Waals surface area contributed by atoms with E-state index in [1.165, 1.54) is 10.9 Å². The Morgan fingerprint density at radius 3 is 1.73 bits per heavy atom. The molecule has 2 heterocycles. The summed E-state index contributed by atoms with van der Waals surface area (Å²) in [6, 6.07) is 0. The molecule has 0 bridgehead atoms. The van der Waals surface area contributed by atoms with Crippen LogP contribution in [0.1, 0.15) is 76.2 Å². The fourth-order valence-electron chi connectivity index (χ4n) is 3.45. The number of imide groups is 1. The van der Waals surface area contributed by atoms with Crippen LogP contribution in [-0.2, 0) is 53.3 Å². The van der Waals surface area contributed by atoms with Gasteiger partial charge in [0.25, 0.3) is 0 Å². The van der Waals surface area contributed by atoms with Crippen LogP contribution in [0, 0.1) is 0 Å². The Balaban J connectivity index is 2.24. The molecule has 0 aliphatic rings. The van der Waals surface area contributed by atoms with Crippen molar-refractivity contribution >= 4 is 49.1 Å². The molecule has 2 aromatic heterocycles. The zero-order valence-corrected chi connectivity index (χ0v) is 30.5. The van der Waals surface area contributed by atoms with Crippen LogP contribution in [0.2, 0.25) is 0 Å². The molecule has 19 nitrogen and oxygen atoms in total. The molecule has 0 aliphatic heterocycles. The molecule has 0 fully saturated rings. The highest BCUT2D eigenvalue weighted by Gasteiger charge is 2.36. The van der Waals surface area contributed by atoms with E-state index in [1.807, 2.05) is 0 Å². The summed E-state index contributed by atoms with van der Waals surface area (Å²) in [5.41, 5.74) is -1.62. The maximum atomic E-state index is 13.4. The third kappa shape index (κ3) is 14.5. The molecule has 276 valence electrons. The van der Waals surface area contributed by atoms with Crippen LogP contribution in [0.15, 0.2) is 12.7 Å². The van der Waals surface area contributed by atoms with Crippen molar-refractivity contribution in [3.05, 3.63) is 12.7 Å². The summed E-state index contributed by atoms with van der Waals surface area (Å²) in [6.45, 7) is 16.3. The molecular weight excluding hydrogens is 673 g/mol. The van der Waals surface area contributed by atoms with Crippen LogP contribution in [0.4, 0.5) is 25.0 Å². The lowest BCUT2D eigenvalue weighted by Crippen LogP contribution is -2.44. The van der Waals surface area contributed by atoms with Crippen molar-refractivity contribution in [2.45, 2.75) is 112 Å². The highest BCUT2D eigenvalue weighted by Crippen LogP contribution is 2.48. The molecule has 0 N–H and O–H groups in total. The molecule has 0 spiro atoms. The fraction of sp³-hybridized carbons (Fsp3) is 0.690. The first-order valence-corrected chi connectivity index (χ1v) is 16.9. The highest BCUT2D eigenvalue weighted by molar-refractivity contribution is 7.53. The molecule has 0 aliphatic carbocycles. The van der Waals surface area contributed by atoms with Crippen LogP contribution in [0.25, 0.3) is 11.2 Å². The van der Waals surface area contributed by atoms with Crippen molar-refractivity contribution in [2.75, 3.05) is 24.8 Å². The second-order valence-corrected chi connectivity index (χ2v) is 14.9. The van der Waals surface area contributed by atoms with Crippen molar-refractivity contribution in [3.8, 4) is 0 Å². The van der Waals surface area contributed by atoms with Gasteiger partial charge >= 0.3 is 32.1 Å². The number of carbonyl (C=O) groups is 4. The molecular formula is C29H46N5O14P. The first-order valence-electron chi connectivity index (χ1n) is 15.2. The smallest absolute Gasteiger partial charge is 0.443 e. The van der Waals surface area contributed by atoms with Gasteiger partial charge in [-0.2, -0.15) is 4.90 Å². The number of imidazole rings is 1. The Bertz CT molecular complexity index is 1420. The van der Waals surface area contributed by atoms with Gasteiger partial charge in [-0.15, -0.1) is 0 Å². The molecule has 2 rings (SSSR count). The summed E-state index contributed by atoms with van der Waals surface area (Å²) in [6.07, 6.45) is -4.04. The number of ether oxygens (including phenoxy) is 7. The van der Waals surface area contributed by atoms with Crippen molar-refractivity contribution < 1.29 is 65.9 Å². The molecule has 0 aromatic carbocycles. The zero-order chi connectivity index (χ0) is 37.2. The third-order valence-corrected chi connectivity index (χ3v) is 6.70. The van der Waals surface area contributed by atoms with Crippen molar-refractivity contribution in [1.82, 2.24) is 19.5 Å². The van der Waals surface area contributed by atoms with E-state index in [9.17, 15) is 23.7 Å². The fourth-order valence-corrected chi connectivity index (χ4v) is 4.54. The molecule has 49 heavy (non-hydrogen) atoms. The van der Waals surface area contributed by atoms with Gasteiger partial charge in [-0.25, -0.2) is 34.1 Å². The molecule has 0 radical (unpaired) electrons. The molecule has 0 saturated carbocycles. The van der Waals surface area contributed by atoms with Crippen LogP contribution in [0.5, 0.6) is 0 Å². The summed E-state index contributed by atoms with van der Waals surface area (Å²) in [4.78, 5) is 63.1. The Kier molecular flexibility index (Phi) is 14.7. The van der Waals surface area contributed by atoms with Gasteiger partial charge in [0, 0.05) is 0 Å². The zero-order valence-electron chi connectivity index (χ0n) is 29.6. The molecule has 2 aromatic rings. The summed E-state index contributed by atoms with van der Waals surface area (Å²) in [5.74, 6) is -0.181. The standard InChI is InChI=1S/C29H46N5O14P/c1-18(2)45-26(37)40-15-43-49(39,44-16-41-27(38)46-19(3)4)17-42-20(5)12-33-14-32-21-22(33)30-13-31-23(21)34(24(35)47-28(6,7)8)25(36)48-29(9,10)11/h13-14,18-20H,12,15-17H2,1-11H3/t20-/m1/s1. The number of aromatic nitrogens is 4. The first kappa shape index (κ1) is 41.1. The Morgan fingerprint density at radius 2 is 1.29 bits per heavy atom. The van der Waals surface area contributed by atoms with E-state index in [0.717, 1.165) is 6.33 Å². The van der Waals surface area contributed by atoms with Gasteiger partial charge < -0.3 is 37.7 Å². The predicted octanol–water partition coefficient (Wildman–Crippen LogP) is 6.13. The maximum Gasteiger partial charge on any atom is 0.510 e. The Labute approximate surface area is 284 Å². The number of rotatable bonds is 14. The number of nitrogens with zero attached hydrogens (tertiary/aromatic N) is 5. The van der Waals surface area contributed by atoms with E-state index in [4.69, 9.17) is 42.2 Å². The minimum Gasteiger partial charge on any atom is -0.443 e. The largest absolute Gasteiger partial charge is 0.510 e. The normalized spacial score (nSPS) is 12.8. The van der Waals surface area contributed by atoms with Gasteiger partial charge in [-0.3, -0.25) is 13.6 Å². The third-order valence-electron chi connectivity index (χ3n) is 5.23. The van der Waals surface area contributed by atoms with E-state index in [-0.39, 0.29) is 23.5 Å². The summed E-state index contributed by atoms with van der Waals surface area (Å²) >= 11 is 0. The lowest BCUT2D eigenvalue weighted by molar-refractivity contribution is -0.0369. The number of fused-ring (bicyclic) bond motifs is 1. The number of carbonyl (C=O) groups excluding carboxylic acids is 4. The Morgan fingerprint density at radius 1 is 0.796 bits per heavy atom. The summed E-state index contributed by atoms with van der Waals surface area (Å²) < 4.78 is 61.1. The summed E-state index contributed by atoms with van der Waals surface area (Å²) in [5, 5.41) is 0. The molecule has 0 saturated heterocycles. The van der Waals surface area contributed by atoms with Crippen LogP contribution in [0.3, 0.4) is 0 Å². The van der Waals surface area contributed by atoms with Crippen molar-refractivity contribution in [3.63, 3.8) is 0 Å². The van der Waals surface area contributed by atoms with E-state index < -0.39 is 81.5 Å². The quantitative estimate of drug-likeness (QED) is 0.0928. The van der Waals surface area contributed by atoms with E-state index >= 15 is 0 Å². The van der Waals surface area contributed by atoms with E-state index in [2.05, 4.69) is 15.0 Å². The van der Waals surface area contributed by atoms with E-state index in [0.29, 0.717) is 4.90 Å². The topological polar surface area (TPSA) is 215 Å². The average molecular weight is 720 g/mol. The number of anilines is 1. The maximum absolute atomic E-state index is 13.4. The monoisotopic (exact) mass is 719 g/mol. The SMILES string of the molecule is CC(C)OC(=O)OCOP(=O)(CO[C@H](C)Cn1cnc2c(N(C(=O)OC(C)(C)C)C(=O)OC(C)(C)C)ncnc21)OCOC(=O)OC(C)C. The van der Waals surface area contributed by atoms with Gasteiger partial charge in [0.1, 0.15) is 23.9 Å². The minimum absolute atomic E-state index is 0.0558. The predicted molar refractivity (Wildman–Crippen MR) is 171 cm³/mol. The van der Waals surface area contributed by atoms with Gasteiger partial charge in [0.05, 0.1) is 31.2 Å². The van der Waals surface area contributed by atoms with Crippen LogP contribution >= 0.6 is 7.60 Å². The van der Waals surface area contributed by atoms with Crippen molar-refractivity contribution in [2.24, 2.45) is 0 Å². The molecule has 20 heteroatoms. The minimum atomic E-state index is -4.22. The highest BCUT2D eigenvalue weighted by atomic mass is 31.2. The van der Waals surface area contributed by atoms with Gasteiger partial charge in [-0.05, 0) is 76.2 Å². The van der Waals surface area contributed by atoms with Gasteiger partial charge in [-0.1, -0.05) is 0 Å².